The summed E-state index contributed by atoms with van der Waals surface area (Å²) in [5, 5.41) is 8.08. The van der Waals surface area contributed by atoms with Gasteiger partial charge in [-0.15, -0.1) is 0 Å². The first kappa shape index (κ1) is 18.9. The van der Waals surface area contributed by atoms with E-state index in [4.69, 9.17) is 11.6 Å². The molecule has 2 heterocycles. The van der Waals surface area contributed by atoms with Crippen molar-refractivity contribution < 1.29 is 4.79 Å². The number of carbonyl (C=O) groups excluding carboxylic acids is 1. The normalized spacial score (nSPS) is 19.7. The van der Waals surface area contributed by atoms with Crippen LogP contribution in [0.25, 0.3) is 5.69 Å². The molecule has 0 saturated carbocycles. The van der Waals surface area contributed by atoms with Crippen molar-refractivity contribution in [2.75, 3.05) is 13.1 Å². The first-order chi connectivity index (χ1) is 12.6. The first-order valence-corrected chi connectivity index (χ1v) is 9.57. The molecule has 7 heteroatoms. The molecule has 2 unspecified atom stereocenters. The highest BCUT2D eigenvalue weighted by molar-refractivity contribution is 6.30. The number of nitrogens with zero attached hydrogens (tertiary/aromatic N) is 2. The van der Waals surface area contributed by atoms with Crippen LogP contribution in [0.5, 0.6) is 0 Å². The molecule has 0 bridgehead atoms. The average Bonchev–Trinajstić information content (AvgIpc) is 3.24. The van der Waals surface area contributed by atoms with Gasteiger partial charge in [-0.3, -0.25) is 15.6 Å². The van der Waals surface area contributed by atoms with Gasteiger partial charge in [0, 0.05) is 24.2 Å². The van der Waals surface area contributed by atoms with Gasteiger partial charge in [0.25, 0.3) is 5.91 Å². The van der Waals surface area contributed by atoms with Gasteiger partial charge in [0.1, 0.15) is 0 Å². The lowest BCUT2D eigenvalue weighted by molar-refractivity contribution is 0.0951. The Balaban J connectivity index is 1.60. The molecule has 0 spiro atoms. The number of nitrogens with one attached hydrogen (secondary N) is 3. The van der Waals surface area contributed by atoms with Gasteiger partial charge in [0.15, 0.2) is 0 Å². The second-order valence-electron chi connectivity index (χ2n) is 6.72. The summed E-state index contributed by atoms with van der Waals surface area (Å²) in [7, 11) is 0. The van der Waals surface area contributed by atoms with Crippen molar-refractivity contribution in [2.24, 2.45) is 5.92 Å². The summed E-state index contributed by atoms with van der Waals surface area (Å²) in [6.07, 6.45) is 4.41. The number of hydrogen-bond donors (Lipinski definition) is 3. The molecule has 26 heavy (non-hydrogen) atoms. The molecule has 1 aromatic heterocycles. The molecule has 3 rings (SSSR count). The summed E-state index contributed by atoms with van der Waals surface area (Å²) in [6.45, 7) is 5.87. The van der Waals surface area contributed by atoms with Gasteiger partial charge in [-0.1, -0.05) is 24.6 Å². The molecule has 1 fully saturated rings. The second kappa shape index (κ2) is 8.66. The number of hydrazine groups is 1. The van der Waals surface area contributed by atoms with Crippen LogP contribution in [0.2, 0.25) is 5.02 Å². The Bertz CT molecular complexity index is 760. The molecule has 140 valence electrons. The predicted octanol–water partition coefficient (Wildman–Crippen LogP) is 2.71. The Hall–Kier alpha value is -1.89. The third-order valence-electron chi connectivity index (χ3n) is 4.94. The second-order valence-corrected chi connectivity index (χ2v) is 7.16. The quantitative estimate of drug-likeness (QED) is 0.651. The summed E-state index contributed by atoms with van der Waals surface area (Å²) in [5.74, 6) is 0.550. The average molecular weight is 376 g/mol. The minimum Gasteiger partial charge on any atom is -0.352 e. The molecule has 1 aliphatic rings. The molecule has 1 amide bonds. The monoisotopic (exact) mass is 375 g/mol. The molecular weight excluding hydrogens is 350 g/mol. The molecule has 1 saturated heterocycles. The molecule has 3 N–H and O–H groups in total. The van der Waals surface area contributed by atoms with E-state index in [9.17, 15) is 4.79 Å². The topological polar surface area (TPSA) is 71.0 Å². The van der Waals surface area contributed by atoms with Gasteiger partial charge in [-0.25, -0.2) is 4.68 Å². The number of amides is 1. The van der Waals surface area contributed by atoms with Crippen molar-refractivity contribution in [3.63, 3.8) is 0 Å². The highest BCUT2D eigenvalue weighted by Crippen LogP contribution is 2.19. The molecular formula is C19H26ClN5O. The first-order valence-electron chi connectivity index (χ1n) is 9.19. The lowest BCUT2D eigenvalue weighted by atomic mass is 9.98. The zero-order valence-corrected chi connectivity index (χ0v) is 16.0. The van der Waals surface area contributed by atoms with Gasteiger partial charge < -0.3 is 5.32 Å². The smallest absolute Gasteiger partial charge is 0.254 e. The molecule has 1 aromatic carbocycles. The Kier molecular flexibility index (Phi) is 6.29. The van der Waals surface area contributed by atoms with Gasteiger partial charge in [-0.2, -0.15) is 5.10 Å². The molecule has 1 aliphatic heterocycles. The van der Waals surface area contributed by atoms with Crippen LogP contribution < -0.4 is 16.2 Å². The maximum Gasteiger partial charge on any atom is 0.254 e. The van der Waals surface area contributed by atoms with Crippen molar-refractivity contribution in [3.8, 4) is 5.69 Å². The van der Waals surface area contributed by atoms with Gasteiger partial charge >= 0.3 is 0 Å². The summed E-state index contributed by atoms with van der Waals surface area (Å²) >= 11 is 6.08. The SMILES string of the molecule is CCc1c(C(=O)NCCCC2CNNC2C)cnn1-c1cccc(Cl)c1. The zero-order valence-electron chi connectivity index (χ0n) is 15.3. The predicted molar refractivity (Wildman–Crippen MR) is 104 cm³/mol. The lowest BCUT2D eigenvalue weighted by Gasteiger charge is -2.13. The van der Waals surface area contributed by atoms with Crippen LogP contribution in [0, 0.1) is 5.92 Å². The summed E-state index contributed by atoms with van der Waals surface area (Å²) in [5.41, 5.74) is 8.79. The highest BCUT2D eigenvalue weighted by Gasteiger charge is 2.22. The fourth-order valence-corrected chi connectivity index (χ4v) is 3.58. The third-order valence-corrected chi connectivity index (χ3v) is 5.17. The summed E-state index contributed by atoms with van der Waals surface area (Å²) in [4.78, 5) is 12.6. The number of benzene rings is 1. The van der Waals surface area contributed by atoms with E-state index in [0.29, 0.717) is 35.5 Å². The molecule has 0 radical (unpaired) electrons. The fraction of sp³-hybridized carbons (Fsp3) is 0.474. The van der Waals surface area contributed by atoms with Crippen LogP contribution in [0.1, 0.15) is 42.7 Å². The van der Waals surface area contributed by atoms with Crippen LogP contribution in [0.15, 0.2) is 30.5 Å². The van der Waals surface area contributed by atoms with E-state index in [-0.39, 0.29) is 5.91 Å². The van der Waals surface area contributed by atoms with Gasteiger partial charge in [0.05, 0.1) is 23.1 Å². The molecule has 2 atom stereocenters. The zero-order chi connectivity index (χ0) is 18.5. The number of carbonyl (C=O) groups is 1. The molecule has 2 aromatic rings. The van der Waals surface area contributed by atoms with Crippen molar-refractivity contribution in [3.05, 3.63) is 46.7 Å². The van der Waals surface area contributed by atoms with E-state index < -0.39 is 0 Å². The maximum atomic E-state index is 12.6. The van der Waals surface area contributed by atoms with Crippen LogP contribution in [0.4, 0.5) is 0 Å². The molecule has 6 nitrogen and oxygen atoms in total. The third kappa shape index (κ3) is 4.26. The van der Waals surface area contributed by atoms with Crippen LogP contribution in [-0.4, -0.2) is 34.8 Å². The Morgan fingerprint density at radius 2 is 2.31 bits per heavy atom. The van der Waals surface area contributed by atoms with Crippen molar-refractivity contribution in [2.45, 2.75) is 39.2 Å². The van der Waals surface area contributed by atoms with E-state index in [2.05, 4.69) is 28.2 Å². The van der Waals surface area contributed by atoms with Crippen molar-refractivity contribution in [1.82, 2.24) is 25.9 Å². The van der Waals surface area contributed by atoms with Crippen LogP contribution in [0.3, 0.4) is 0 Å². The van der Waals surface area contributed by atoms with E-state index in [0.717, 1.165) is 30.8 Å². The Morgan fingerprint density at radius 1 is 1.46 bits per heavy atom. The minimum atomic E-state index is -0.0640. The van der Waals surface area contributed by atoms with E-state index in [1.54, 1.807) is 10.9 Å². The lowest BCUT2D eigenvalue weighted by Crippen LogP contribution is -2.29. The Morgan fingerprint density at radius 3 is 3.00 bits per heavy atom. The highest BCUT2D eigenvalue weighted by atomic mass is 35.5. The van der Waals surface area contributed by atoms with Crippen LogP contribution >= 0.6 is 11.6 Å². The van der Waals surface area contributed by atoms with Crippen LogP contribution in [-0.2, 0) is 6.42 Å². The van der Waals surface area contributed by atoms with Gasteiger partial charge in [0.2, 0.25) is 0 Å². The minimum absolute atomic E-state index is 0.0640. The Labute approximate surface area is 159 Å². The van der Waals surface area contributed by atoms with Crippen molar-refractivity contribution in [1.29, 1.82) is 0 Å². The van der Waals surface area contributed by atoms with Crippen molar-refractivity contribution >= 4 is 17.5 Å². The van der Waals surface area contributed by atoms with E-state index in [1.165, 1.54) is 0 Å². The summed E-state index contributed by atoms with van der Waals surface area (Å²) in [6, 6.07) is 7.97. The standard InChI is InChI=1S/C19H26ClN5O/c1-3-18-17(12-23-25(18)16-8-4-7-15(20)10-16)19(26)21-9-5-6-14-11-22-24-13(14)2/h4,7-8,10,12-14,22,24H,3,5-6,9,11H2,1-2H3,(H,21,26). The fourth-order valence-electron chi connectivity index (χ4n) is 3.39. The van der Waals surface area contributed by atoms with E-state index >= 15 is 0 Å². The number of aromatic nitrogens is 2. The number of rotatable bonds is 7. The molecule has 0 aliphatic carbocycles. The van der Waals surface area contributed by atoms with E-state index in [1.807, 2.05) is 31.2 Å². The van der Waals surface area contributed by atoms with Gasteiger partial charge in [-0.05, 0) is 50.3 Å². The number of halogens is 1. The largest absolute Gasteiger partial charge is 0.352 e. The maximum absolute atomic E-state index is 12.6. The summed E-state index contributed by atoms with van der Waals surface area (Å²) < 4.78 is 1.79. The number of hydrogen-bond acceptors (Lipinski definition) is 4.